The fourth-order valence-corrected chi connectivity index (χ4v) is 6.53. The van der Waals surface area contributed by atoms with Crippen molar-refractivity contribution < 1.29 is 17.9 Å². The van der Waals surface area contributed by atoms with Crippen LogP contribution < -0.4 is 4.90 Å². The highest BCUT2D eigenvalue weighted by atomic mass is 32.2. The number of aryl methyl sites for hydroxylation is 1. The van der Waals surface area contributed by atoms with Gasteiger partial charge in [0.2, 0.25) is 10.0 Å². The standard InChI is InChI=1S/C26H35N3O4S/c1-19-11-14-22(15-12-19)34(31,32)28-17-7-10-23(28)20-13-16-24(27-18-20)29(21-8-5-6-9-21)25(30)33-26(2,3)4/h11-16,18,21,23H,5-10,17H2,1-4H3/t23-/m1/s1. The molecular weight excluding hydrogens is 450 g/mol. The van der Waals surface area contributed by atoms with Gasteiger partial charge in [-0.05, 0) is 77.1 Å². The molecule has 1 saturated carbocycles. The van der Waals surface area contributed by atoms with Crippen molar-refractivity contribution in [1.82, 2.24) is 9.29 Å². The lowest BCUT2D eigenvalue weighted by Gasteiger charge is -2.31. The van der Waals surface area contributed by atoms with Gasteiger partial charge >= 0.3 is 6.09 Å². The maximum atomic E-state index is 13.3. The van der Waals surface area contributed by atoms with Gasteiger partial charge in [0.15, 0.2) is 0 Å². The number of hydrogen-bond acceptors (Lipinski definition) is 5. The third kappa shape index (κ3) is 5.28. The number of anilines is 1. The molecule has 2 heterocycles. The average Bonchev–Trinajstić information content (AvgIpc) is 3.46. The maximum absolute atomic E-state index is 13.3. The van der Waals surface area contributed by atoms with E-state index in [0.29, 0.717) is 17.3 Å². The predicted octanol–water partition coefficient (Wildman–Crippen LogP) is 5.60. The number of benzene rings is 1. The van der Waals surface area contributed by atoms with Gasteiger partial charge in [0.05, 0.1) is 10.9 Å². The van der Waals surface area contributed by atoms with E-state index in [0.717, 1.165) is 49.7 Å². The number of nitrogens with zero attached hydrogens (tertiary/aromatic N) is 3. The van der Waals surface area contributed by atoms with Crippen molar-refractivity contribution in [3.8, 4) is 0 Å². The Morgan fingerprint density at radius 2 is 1.71 bits per heavy atom. The predicted molar refractivity (Wildman–Crippen MR) is 132 cm³/mol. The van der Waals surface area contributed by atoms with Gasteiger partial charge in [-0.2, -0.15) is 4.31 Å². The molecule has 1 aliphatic heterocycles. The van der Waals surface area contributed by atoms with Gasteiger partial charge in [-0.25, -0.2) is 18.2 Å². The number of aromatic nitrogens is 1. The number of rotatable bonds is 5. The van der Waals surface area contributed by atoms with Crippen LogP contribution in [-0.4, -0.2) is 42.0 Å². The molecule has 1 aliphatic carbocycles. The number of sulfonamides is 1. The van der Waals surface area contributed by atoms with Crippen molar-refractivity contribution in [2.24, 2.45) is 0 Å². The molecule has 4 rings (SSSR count). The van der Waals surface area contributed by atoms with E-state index < -0.39 is 15.6 Å². The molecule has 1 amide bonds. The van der Waals surface area contributed by atoms with Gasteiger partial charge in [0.1, 0.15) is 11.4 Å². The van der Waals surface area contributed by atoms with Crippen LogP contribution in [0.15, 0.2) is 47.5 Å². The monoisotopic (exact) mass is 485 g/mol. The smallest absolute Gasteiger partial charge is 0.416 e. The number of carbonyl (C=O) groups excluding carboxylic acids is 1. The summed E-state index contributed by atoms with van der Waals surface area (Å²) >= 11 is 0. The third-order valence-electron chi connectivity index (χ3n) is 6.51. The molecule has 1 saturated heterocycles. The van der Waals surface area contributed by atoms with E-state index in [4.69, 9.17) is 4.74 Å². The van der Waals surface area contributed by atoms with E-state index in [1.165, 1.54) is 0 Å². The molecule has 0 spiro atoms. The largest absolute Gasteiger partial charge is 0.443 e. The van der Waals surface area contributed by atoms with Crippen molar-refractivity contribution in [2.75, 3.05) is 11.4 Å². The summed E-state index contributed by atoms with van der Waals surface area (Å²) in [5.74, 6) is 0.552. The molecular formula is C26H35N3O4S. The molecule has 1 atom stereocenters. The SMILES string of the molecule is Cc1ccc(S(=O)(=O)N2CCC[C@@H]2c2ccc(N(C(=O)OC(C)(C)C)C3CCCC3)nc2)cc1. The van der Waals surface area contributed by atoms with Crippen molar-refractivity contribution in [2.45, 2.75) is 88.8 Å². The van der Waals surface area contributed by atoms with Crippen LogP contribution in [0.4, 0.5) is 10.6 Å². The first-order valence-corrected chi connectivity index (χ1v) is 13.6. The summed E-state index contributed by atoms with van der Waals surface area (Å²) in [5, 5.41) is 0. The Labute approximate surface area is 203 Å². The molecule has 0 bridgehead atoms. The van der Waals surface area contributed by atoms with Gasteiger partial charge < -0.3 is 4.74 Å². The Kier molecular flexibility index (Phi) is 7.01. The van der Waals surface area contributed by atoms with Crippen molar-refractivity contribution in [3.05, 3.63) is 53.7 Å². The third-order valence-corrected chi connectivity index (χ3v) is 8.44. The van der Waals surface area contributed by atoms with Crippen molar-refractivity contribution in [1.29, 1.82) is 0 Å². The second-order valence-corrected chi connectivity index (χ2v) is 12.2. The van der Waals surface area contributed by atoms with Gasteiger partial charge in [-0.3, -0.25) is 4.90 Å². The highest BCUT2D eigenvalue weighted by molar-refractivity contribution is 7.89. The highest BCUT2D eigenvalue weighted by Gasteiger charge is 2.37. The second-order valence-electron chi connectivity index (χ2n) is 10.3. The van der Waals surface area contributed by atoms with Gasteiger partial charge in [-0.15, -0.1) is 0 Å². The molecule has 7 nitrogen and oxygen atoms in total. The summed E-state index contributed by atoms with van der Waals surface area (Å²) in [6.45, 7) is 8.00. The Hall–Kier alpha value is -2.45. The summed E-state index contributed by atoms with van der Waals surface area (Å²) in [5.41, 5.74) is 1.27. The van der Waals surface area contributed by atoms with Gasteiger partial charge in [0, 0.05) is 18.8 Å². The Balaban J connectivity index is 1.59. The van der Waals surface area contributed by atoms with Crippen LogP contribution in [0.1, 0.15) is 76.5 Å². The molecule has 1 aromatic carbocycles. The Morgan fingerprint density at radius 1 is 1.03 bits per heavy atom. The summed E-state index contributed by atoms with van der Waals surface area (Å²) in [6.07, 6.45) is 6.88. The van der Waals surface area contributed by atoms with Crippen LogP contribution in [0.3, 0.4) is 0 Å². The van der Waals surface area contributed by atoms with Gasteiger partial charge in [-0.1, -0.05) is 36.6 Å². The van der Waals surface area contributed by atoms with Crippen LogP contribution in [0, 0.1) is 6.92 Å². The lowest BCUT2D eigenvalue weighted by molar-refractivity contribution is 0.0564. The maximum Gasteiger partial charge on any atom is 0.416 e. The van der Waals surface area contributed by atoms with E-state index in [-0.39, 0.29) is 18.2 Å². The van der Waals surface area contributed by atoms with E-state index in [1.807, 2.05) is 52.0 Å². The first kappa shape index (κ1) is 24.7. The first-order chi connectivity index (χ1) is 16.1. The zero-order valence-electron chi connectivity index (χ0n) is 20.5. The van der Waals surface area contributed by atoms with Crippen molar-refractivity contribution in [3.63, 3.8) is 0 Å². The minimum absolute atomic E-state index is 0.0677. The number of ether oxygens (including phenoxy) is 1. The first-order valence-electron chi connectivity index (χ1n) is 12.1. The topological polar surface area (TPSA) is 79.8 Å². The lowest BCUT2D eigenvalue weighted by Crippen LogP contribution is -2.43. The molecule has 0 N–H and O–H groups in total. The van der Waals surface area contributed by atoms with Crippen LogP contribution in [0.5, 0.6) is 0 Å². The lowest BCUT2D eigenvalue weighted by atomic mass is 10.1. The molecule has 0 radical (unpaired) electrons. The van der Waals surface area contributed by atoms with E-state index in [2.05, 4.69) is 4.98 Å². The summed E-state index contributed by atoms with van der Waals surface area (Å²) in [6, 6.07) is 10.5. The zero-order valence-corrected chi connectivity index (χ0v) is 21.3. The summed E-state index contributed by atoms with van der Waals surface area (Å²) < 4.78 is 33.9. The fourth-order valence-electron chi connectivity index (χ4n) is 4.85. The fraction of sp³-hybridized carbons (Fsp3) is 0.538. The van der Waals surface area contributed by atoms with E-state index in [9.17, 15) is 13.2 Å². The quantitative estimate of drug-likeness (QED) is 0.551. The molecule has 34 heavy (non-hydrogen) atoms. The molecule has 1 aromatic heterocycles. The Bertz CT molecular complexity index is 1100. The molecule has 184 valence electrons. The highest BCUT2D eigenvalue weighted by Crippen LogP contribution is 2.37. The summed E-state index contributed by atoms with van der Waals surface area (Å²) in [4.78, 5) is 19.6. The normalized spacial score (nSPS) is 19.9. The van der Waals surface area contributed by atoms with Crippen LogP contribution >= 0.6 is 0 Å². The molecule has 2 fully saturated rings. The van der Waals surface area contributed by atoms with E-state index >= 15 is 0 Å². The minimum atomic E-state index is -3.61. The van der Waals surface area contributed by atoms with Crippen LogP contribution in [0.25, 0.3) is 0 Å². The average molecular weight is 486 g/mol. The van der Waals surface area contributed by atoms with Crippen molar-refractivity contribution >= 4 is 21.9 Å². The minimum Gasteiger partial charge on any atom is -0.443 e. The Morgan fingerprint density at radius 3 is 2.29 bits per heavy atom. The second kappa shape index (κ2) is 9.66. The number of pyridine rings is 1. The molecule has 8 heteroatoms. The zero-order chi connectivity index (χ0) is 24.5. The molecule has 2 aromatic rings. The number of amides is 1. The number of carbonyl (C=O) groups is 1. The molecule has 2 aliphatic rings. The van der Waals surface area contributed by atoms with Gasteiger partial charge in [0.25, 0.3) is 0 Å². The number of hydrogen-bond donors (Lipinski definition) is 0. The summed E-state index contributed by atoms with van der Waals surface area (Å²) in [7, 11) is -3.61. The molecule has 0 unspecified atom stereocenters. The van der Waals surface area contributed by atoms with E-state index in [1.54, 1.807) is 27.5 Å². The van der Waals surface area contributed by atoms with Crippen LogP contribution in [0.2, 0.25) is 0 Å². The van der Waals surface area contributed by atoms with Crippen LogP contribution in [-0.2, 0) is 14.8 Å².